The van der Waals surface area contributed by atoms with Crippen LogP contribution in [-0.4, -0.2) is 19.8 Å². The van der Waals surface area contributed by atoms with Crippen LogP contribution in [0.1, 0.15) is 31.7 Å². The van der Waals surface area contributed by atoms with E-state index in [2.05, 4.69) is 36.5 Å². The standard InChI is InChI=1S/C15H23NO/c1-12(11-17-2)7-9-14-10-8-13-5-3-4-6-15(13)16-14/h3-6,12,14,16H,7-11H2,1-2H3. The monoisotopic (exact) mass is 233 g/mol. The molecule has 17 heavy (non-hydrogen) atoms. The average molecular weight is 233 g/mol. The molecule has 1 N–H and O–H groups in total. The van der Waals surface area contributed by atoms with Crippen LogP contribution in [0.4, 0.5) is 5.69 Å². The molecule has 1 aliphatic heterocycles. The summed E-state index contributed by atoms with van der Waals surface area (Å²) < 4.78 is 5.18. The van der Waals surface area contributed by atoms with E-state index in [1.54, 1.807) is 7.11 Å². The first-order valence-corrected chi connectivity index (χ1v) is 6.63. The first-order valence-electron chi connectivity index (χ1n) is 6.63. The minimum atomic E-state index is 0.643. The maximum atomic E-state index is 5.18. The molecule has 94 valence electrons. The van der Waals surface area contributed by atoms with Gasteiger partial charge in [-0.2, -0.15) is 0 Å². The molecule has 1 aliphatic rings. The Hall–Kier alpha value is -1.02. The van der Waals surface area contributed by atoms with Crippen molar-refractivity contribution in [2.45, 2.75) is 38.6 Å². The molecule has 0 aliphatic carbocycles. The second-order valence-corrected chi connectivity index (χ2v) is 5.17. The predicted octanol–water partition coefficient (Wildman–Crippen LogP) is 3.48. The minimum absolute atomic E-state index is 0.643. The highest BCUT2D eigenvalue weighted by Crippen LogP contribution is 2.26. The van der Waals surface area contributed by atoms with Gasteiger partial charge in [-0.3, -0.25) is 0 Å². The van der Waals surface area contributed by atoms with E-state index in [1.165, 1.54) is 36.9 Å². The fraction of sp³-hybridized carbons (Fsp3) is 0.600. The lowest BCUT2D eigenvalue weighted by atomic mass is 9.93. The molecule has 2 heteroatoms. The first kappa shape index (κ1) is 12.4. The van der Waals surface area contributed by atoms with E-state index in [9.17, 15) is 0 Å². The second-order valence-electron chi connectivity index (χ2n) is 5.17. The van der Waals surface area contributed by atoms with Crippen molar-refractivity contribution in [2.24, 2.45) is 5.92 Å². The van der Waals surface area contributed by atoms with Gasteiger partial charge in [0.05, 0.1) is 0 Å². The number of anilines is 1. The van der Waals surface area contributed by atoms with Crippen molar-refractivity contribution in [1.29, 1.82) is 0 Å². The lowest BCUT2D eigenvalue weighted by Crippen LogP contribution is -2.26. The lowest BCUT2D eigenvalue weighted by Gasteiger charge is -2.27. The molecule has 2 rings (SSSR count). The number of methoxy groups -OCH3 is 1. The van der Waals surface area contributed by atoms with Crippen molar-refractivity contribution in [3.8, 4) is 0 Å². The van der Waals surface area contributed by atoms with Gasteiger partial charge in [0.15, 0.2) is 0 Å². The summed E-state index contributed by atoms with van der Waals surface area (Å²) in [6.07, 6.45) is 4.97. The van der Waals surface area contributed by atoms with Gasteiger partial charge in [-0.1, -0.05) is 25.1 Å². The molecule has 0 saturated carbocycles. The molecular weight excluding hydrogens is 210 g/mol. The number of para-hydroxylation sites is 1. The molecule has 2 unspecified atom stereocenters. The number of hydrogen-bond donors (Lipinski definition) is 1. The van der Waals surface area contributed by atoms with Crippen LogP contribution in [0.25, 0.3) is 0 Å². The molecular formula is C15H23NO. The molecule has 0 radical (unpaired) electrons. The lowest BCUT2D eigenvalue weighted by molar-refractivity contribution is 0.153. The first-order chi connectivity index (χ1) is 8.29. The van der Waals surface area contributed by atoms with Crippen molar-refractivity contribution in [1.82, 2.24) is 0 Å². The Balaban J connectivity index is 1.82. The normalized spacial score (nSPS) is 20.5. The Labute approximate surface area is 104 Å². The molecule has 0 aromatic heterocycles. The number of rotatable bonds is 5. The van der Waals surface area contributed by atoms with Crippen LogP contribution in [-0.2, 0) is 11.2 Å². The third kappa shape index (κ3) is 3.47. The minimum Gasteiger partial charge on any atom is -0.384 e. The van der Waals surface area contributed by atoms with Gasteiger partial charge in [0.2, 0.25) is 0 Å². The summed E-state index contributed by atoms with van der Waals surface area (Å²) >= 11 is 0. The van der Waals surface area contributed by atoms with E-state index in [4.69, 9.17) is 4.74 Å². The van der Waals surface area contributed by atoms with Gasteiger partial charge in [-0.15, -0.1) is 0 Å². The van der Waals surface area contributed by atoms with Crippen LogP contribution in [0, 0.1) is 5.92 Å². The van der Waals surface area contributed by atoms with Crippen molar-refractivity contribution in [2.75, 3.05) is 19.0 Å². The number of fused-ring (bicyclic) bond motifs is 1. The van der Waals surface area contributed by atoms with E-state index in [0.717, 1.165) is 6.61 Å². The number of nitrogens with one attached hydrogen (secondary N) is 1. The van der Waals surface area contributed by atoms with Gasteiger partial charge in [0.25, 0.3) is 0 Å². The SMILES string of the molecule is COCC(C)CCC1CCc2ccccc2N1. The molecule has 0 bridgehead atoms. The fourth-order valence-corrected chi connectivity index (χ4v) is 2.57. The third-order valence-electron chi connectivity index (χ3n) is 3.60. The van der Waals surface area contributed by atoms with Gasteiger partial charge < -0.3 is 10.1 Å². The summed E-state index contributed by atoms with van der Waals surface area (Å²) in [5, 5.41) is 3.65. The average Bonchev–Trinajstić information content (AvgIpc) is 2.36. The highest BCUT2D eigenvalue weighted by molar-refractivity contribution is 5.53. The number of ether oxygens (including phenoxy) is 1. The van der Waals surface area contributed by atoms with Crippen molar-refractivity contribution < 1.29 is 4.74 Å². The zero-order valence-corrected chi connectivity index (χ0v) is 10.9. The Morgan fingerprint density at radius 3 is 3.06 bits per heavy atom. The van der Waals surface area contributed by atoms with Gasteiger partial charge >= 0.3 is 0 Å². The van der Waals surface area contributed by atoms with Gasteiger partial charge in [-0.25, -0.2) is 0 Å². The van der Waals surface area contributed by atoms with Crippen LogP contribution in [0.5, 0.6) is 0 Å². The quantitative estimate of drug-likeness (QED) is 0.840. The molecule has 1 aromatic carbocycles. The van der Waals surface area contributed by atoms with Crippen LogP contribution in [0.2, 0.25) is 0 Å². The number of aryl methyl sites for hydroxylation is 1. The maximum absolute atomic E-state index is 5.18. The summed E-state index contributed by atoms with van der Waals surface area (Å²) in [7, 11) is 1.78. The molecule has 1 heterocycles. The largest absolute Gasteiger partial charge is 0.384 e. The van der Waals surface area contributed by atoms with Crippen LogP contribution >= 0.6 is 0 Å². The second kappa shape index (κ2) is 6.06. The molecule has 0 fully saturated rings. The number of benzene rings is 1. The van der Waals surface area contributed by atoms with Gasteiger partial charge in [-0.05, 0) is 43.2 Å². The van der Waals surface area contributed by atoms with Crippen molar-refractivity contribution >= 4 is 5.69 Å². The highest BCUT2D eigenvalue weighted by atomic mass is 16.5. The highest BCUT2D eigenvalue weighted by Gasteiger charge is 2.17. The summed E-state index contributed by atoms with van der Waals surface area (Å²) in [6.45, 7) is 3.14. The van der Waals surface area contributed by atoms with E-state index in [1.807, 2.05) is 0 Å². The third-order valence-corrected chi connectivity index (χ3v) is 3.60. The molecule has 0 saturated heterocycles. The molecule has 2 atom stereocenters. The van der Waals surface area contributed by atoms with Gasteiger partial charge in [0, 0.05) is 25.4 Å². The molecule has 0 amide bonds. The van der Waals surface area contributed by atoms with Crippen LogP contribution in [0.3, 0.4) is 0 Å². The van der Waals surface area contributed by atoms with Crippen molar-refractivity contribution in [3.63, 3.8) is 0 Å². The summed E-state index contributed by atoms with van der Waals surface area (Å²) in [4.78, 5) is 0. The Morgan fingerprint density at radius 2 is 2.24 bits per heavy atom. The number of hydrogen-bond acceptors (Lipinski definition) is 2. The molecule has 0 spiro atoms. The van der Waals surface area contributed by atoms with E-state index >= 15 is 0 Å². The van der Waals surface area contributed by atoms with Crippen LogP contribution in [0.15, 0.2) is 24.3 Å². The summed E-state index contributed by atoms with van der Waals surface area (Å²) in [5.74, 6) is 0.666. The molecule has 1 aromatic rings. The van der Waals surface area contributed by atoms with E-state index in [-0.39, 0.29) is 0 Å². The van der Waals surface area contributed by atoms with Crippen LogP contribution < -0.4 is 5.32 Å². The van der Waals surface area contributed by atoms with E-state index in [0.29, 0.717) is 12.0 Å². The fourth-order valence-electron chi connectivity index (χ4n) is 2.57. The van der Waals surface area contributed by atoms with Crippen molar-refractivity contribution in [3.05, 3.63) is 29.8 Å². The Morgan fingerprint density at radius 1 is 1.41 bits per heavy atom. The van der Waals surface area contributed by atoms with Gasteiger partial charge in [0.1, 0.15) is 0 Å². The zero-order valence-electron chi connectivity index (χ0n) is 10.9. The molecule has 2 nitrogen and oxygen atoms in total. The summed E-state index contributed by atoms with van der Waals surface area (Å²) in [6, 6.07) is 9.30. The maximum Gasteiger partial charge on any atom is 0.0487 e. The zero-order chi connectivity index (χ0) is 12.1. The predicted molar refractivity (Wildman–Crippen MR) is 72.4 cm³/mol. The Bertz CT molecular complexity index is 351. The topological polar surface area (TPSA) is 21.3 Å². The van der Waals surface area contributed by atoms with E-state index < -0.39 is 0 Å². The summed E-state index contributed by atoms with van der Waals surface area (Å²) in [5.41, 5.74) is 2.80. The smallest absolute Gasteiger partial charge is 0.0487 e. The Kier molecular flexibility index (Phi) is 4.43.